The fourth-order valence-electron chi connectivity index (χ4n) is 1.78. The molecule has 0 bridgehead atoms. The van der Waals surface area contributed by atoms with Gasteiger partial charge in [0.05, 0.1) is 5.75 Å². The average molecular weight is 243 g/mol. The third-order valence-corrected chi connectivity index (χ3v) is 4.62. The molecule has 1 fully saturated rings. The molecular formula is C10H17N3S2. The molecule has 1 aromatic rings. The predicted molar refractivity (Wildman–Crippen MR) is 67.6 cm³/mol. The molecule has 1 heterocycles. The zero-order chi connectivity index (χ0) is 10.5. The monoisotopic (exact) mass is 243 g/mol. The van der Waals surface area contributed by atoms with Crippen molar-refractivity contribution in [3.8, 4) is 0 Å². The molecule has 0 saturated heterocycles. The van der Waals surface area contributed by atoms with E-state index in [-0.39, 0.29) is 0 Å². The van der Waals surface area contributed by atoms with Crippen molar-refractivity contribution >= 4 is 28.4 Å². The van der Waals surface area contributed by atoms with Crippen molar-refractivity contribution in [3.63, 3.8) is 0 Å². The van der Waals surface area contributed by atoms with E-state index in [2.05, 4.69) is 21.6 Å². The first kappa shape index (κ1) is 11.2. The number of nitrogens with one attached hydrogen (secondary N) is 1. The van der Waals surface area contributed by atoms with E-state index in [0.29, 0.717) is 0 Å². The zero-order valence-corrected chi connectivity index (χ0v) is 10.7. The molecule has 5 heteroatoms. The molecule has 2 rings (SSSR count). The van der Waals surface area contributed by atoms with Gasteiger partial charge in [0.2, 0.25) is 5.13 Å². The summed E-state index contributed by atoms with van der Waals surface area (Å²) < 4.78 is 4.34. The second kappa shape index (κ2) is 5.70. The van der Waals surface area contributed by atoms with Crippen molar-refractivity contribution in [2.24, 2.45) is 0 Å². The van der Waals surface area contributed by atoms with E-state index in [4.69, 9.17) is 0 Å². The van der Waals surface area contributed by atoms with Crippen LogP contribution in [-0.4, -0.2) is 21.2 Å². The first-order valence-corrected chi connectivity index (χ1v) is 7.38. The molecule has 0 atom stereocenters. The van der Waals surface area contributed by atoms with Crippen LogP contribution in [0.15, 0.2) is 0 Å². The lowest BCUT2D eigenvalue weighted by Crippen LogP contribution is -1.97. The smallest absolute Gasteiger partial charge is 0.202 e. The predicted octanol–water partition coefficient (Wildman–Crippen LogP) is 3.15. The Hall–Kier alpha value is -0.290. The van der Waals surface area contributed by atoms with Crippen LogP contribution in [0.2, 0.25) is 0 Å². The summed E-state index contributed by atoms with van der Waals surface area (Å²) in [6.07, 6.45) is 5.58. The molecule has 15 heavy (non-hydrogen) atoms. The van der Waals surface area contributed by atoms with Gasteiger partial charge >= 0.3 is 0 Å². The molecule has 1 N–H and O–H groups in total. The van der Waals surface area contributed by atoms with Crippen molar-refractivity contribution in [3.05, 3.63) is 5.82 Å². The third kappa shape index (κ3) is 3.34. The van der Waals surface area contributed by atoms with Crippen LogP contribution in [0.4, 0.5) is 5.13 Å². The first-order chi connectivity index (χ1) is 7.38. The minimum atomic E-state index is 0.857. The Labute approximate surface area is 99.2 Å². The van der Waals surface area contributed by atoms with Crippen LogP contribution >= 0.6 is 23.3 Å². The zero-order valence-electron chi connectivity index (χ0n) is 9.03. The number of hydrogen-bond acceptors (Lipinski definition) is 5. The van der Waals surface area contributed by atoms with Crippen molar-refractivity contribution in [1.82, 2.24) is 9.36 Å². The Balaban J connectivity index is 1.77. The summed E-state index contributed by atoms with van der Waals surface area (Å²) in [5.74, 6) is 1.97. The highest BCUT2D eigenvalue weighted by Crippen LogP contribution is 2.31. The van der Waals surface area contributed by atoms with Crippen LogP contribution in [0.25, 0.3) is 0 Å². The van der Waals surface area contributed by atoms with Gasteiger partial charge < -0.3 is 5.32 Å². The minimum absolute atomic E-state index is 0.857. The number of nitrogens with zero attached hydrogens (tertiary/aromatic N) is 2. The highest BCUT2D eigenvalue weighted by molar-refractivity contribution is 7.99. The molecule has 0 radical (unpaired) electrons. The maximum absolute atomic E-state index is 4.44. The topological polar surface area (TPSA) is 37.8 Å². The third-order valence-electron chi connectivity index (χ3n) is 2.55. The summed E-state index contributed by atoms with van der Waals surface area (Å²) >= 11 is 3.49. The van der Waals surface area contributed by atoms with Gasteiger partial charge in [-0.3, -0.25) is 0 Å². The molecule has 0 aromatic carbocycles. The first-order valence-electron chi connectivity index (χ1n) is 5.56. The van der Waals surface area contributed by atoms with Crippen molar-refractivity contribution in [1.29, 1.82) is 0 Å². The van der Waals surface area contributed by atoms with E-state index in [9.17, 15) is 0 Å². The van der Waals surface area contributed by atoms with Crippen molar-refractivity contribution in [2.45, 2.75) is 43.6 Å². The number of anilines is 1. The number of rotatable bonds is 5. The quantitative estimate of drug-likeness (QED) is 0.862. The Bertz CT molecular complexity index is 295. The Morgan fingerprint density at radius 1 is 1.47 bits per heavy atom. The molecule has 1 aromatic heterocycles. The van der Waals surface area contributed by atoms with Gasteiger partial charge in [0.1, 0.15) is 0 Å². The Morgan fingerprint density at radius 3 is 3.00 bits per heavy atom. The van der Waals surface area contributed by atoms with Gasteiger partial charge in [-0.1, -0.05) is 12.8 Å². The van der Waals surface area contributed by atoms with E-state index in [1.54, 1.807) is 0 Å². The molecule has 3 nitrogen and oxygen atoms in total. The van der Waals surface area contributed by atoms with Crippen LogP contribution in [0.3, 0.4) is 0 Å². The normalized spacial score (nSPS) is 17.1. The van der Waals surface area contributed by atoms with E-state index < -0.39 is 0 Å². The van der Waals surface area contributed by atoms with E-state index >= 15 is 0 Å². The maximum atomic E-state index is 4.44. The van der Waals surface area contributed by atoms with Gasteiger partial charge in [-0.2, -0.15) is 16.1 Å². The molecular weight excluding hydrogens is 226 g/mol. The summed E-state index contributed by atoms with van der Waals surface area (Å²) in [7, 11) is 0. The van der Waals surface area contributed by atoms with E-state index in [0.717, 1.165) is 28.5 Å². The molecule has 0 spiro atoms. The fourth-order valence-corrected chi connectivity index (χ4v) is 3.70. The summed E-state index contributed by atoms with van der Waals surface area (Å²) in [6, 6.07) is 0. The van der Waals surface area contributed by atoms with E-state index in [1.165, 1.54) is 37.2 Å². The standard InChI is InChI=1S/C10H17N3S2/c1-2-11-10-12-9(13-15-10)7-14-8-5-3-4-6-8/h8H,2-7H2,1H3,(H,11,12,13). The summed E-state index contributed by atoms with van der Waals surface area (Å²) in [4.78, 5) is 4.44. The van der Waals surface area contributed by atoms with Gasteiger partial charge in [-0.25, -0.2) is 4.98 Å². The van der Waals surface area contributed by atoms with Crippen LogP contribution in [0.5, 0.6) is 0 Å². The number of thioether (sulfide) groups is 1. The summed E-state index contributed by atoms with van der Waals surface area (Å²) in [5.41, 5.74) is 0. The number of aromatic nitrogens is 2. The van der Waals surface area contributed by atoms with Gasteiger partial charge in [0.25, 0.3) is 0 Å². The van der Waals surface area contributed by atoms with Crippen LogP contribution in [-0.2, 0) is 5.75 Å². The maximum Gasteiger partial charge on any atom is 0.202 e. The largest absolute Gasteiger partial charge is 0.361 e. The second-order valence-electron chi connectivity index (χ2n) is 3.76. The molecule has 84 valence electrons. The highest BCUT2D eigenvalue weighted by atomic mass is 32.2. The molecule has 0 unspecified atom stereocenters. The SMILES string of the molecule is CCNc1nc(CSC2CCCC2)ns1. The molecule has 1 aliphatic rings. The lowest BCUT2D eigenvalue weighted by atomic mass is 10.4. The second-order valence-corrected chi connectivity index (χ2v) is 5.80. The number of hydrogen-bond donors (Lipinski definition) is 1. The van der Waals surface area contributed by atoms with E-state index in [1.807, 2.05) is 11.8 Å². The highest BCUT2D eigenvalue weighted by Gasteiger charge is 2.16. The fraction of sp³-hybridized carbons (Fsp3) is 0.800. The summed E-state index contributed by atoms with van der Waals surface area (Å²) in [6.45, 7) is 3.00. The molecule has 0 amide bonds. The van der Waals surface area contributed by atoms with Gasteiger partial charge in [-0.05, 0) is 19.8 Å². The van der Waals surface area contributed by atoms with Crippen LogP contribution in [0.1, 0.15) is 38.4 Å². The minimum Gasteiger partial charge on any atom is -0.361 e. The molecule has 1 saturated carbocycles. The van der Waals surface area contributed by atoms with Gasteiger partial charge in [0, 0.05) is 23.3 Å². The lowest BCUT2D eigenvalue weighted by Gasteiger charge is -2.05. The average Bonchev–Trinajstić information content (AvgIpc) is 2.85. The van der Waals surface area contributed by atoms with Crippen LogP contribution in [0, 0.1) is 0 Å². The summed E-state index contributed by atoms with van der Waals surface area (Å²) in [5, 5.41) is 5.01. The van der Waals surface area contributed by atoms with Crippen LogP contribution < -0.4 is 5.32 Å². The molecule has 1 aliphatic carbocycles. The lowest BCUT2D eigenvalue weighted by molar-refractivity contribution is 0.886. The van der Waals surface area contributed by atoms with Crippen molar-refractivity contribution in [2.75, 3.05) is 11.9 Å². The van der Waals surface area contributed by atoms with Gasteiger partial charge in [0.15, 0.2) is 5.82 Å². The molecule has 0 aliphatic heterocycles. The Kier molecular flexibility index (Phi) is 4.26. The van der Waals surface area contributed by atoms with Crippen molar-refractivity contribution < 1.29 is 0 Å². The van der Waals surface area contributed by atoms with Gasteiger partial charge in [-0.15, -0.1) is 0 Å². The Morgan fingerprint density at radius 2 is 2.27 bits per heavy atom.